The molecule has 4 atom stereocenters. The first kappa shape index (κ1) is 27.0. The van der Waals surface area contributed by atoms with Gasteiger partial charge in [0, 0.05) is 52.0 Å². The lowest BCUT2D eigenvalue weighted by atomic mass is 9.94. The van der Waals surface area contributed by atoms with Crippen molar-refractivity contribution < 1.29 is 9.47 Å². The van der Waals surface area contributed by atoms with Gasteiger partial charge in [0.25, 0.3) is 0 Å². The summed E-state index contributed by atoms with van der Waals surface area (Å²) >= 11 is 0. The molecule has 174 valence electrons. The van der Waals surface area contributed by atoms with Crippen molar-refractivity contribution in [1.82, 2.24) is 16.0 Å². The monoisotopic (exact) mass is 422 g/mol. The number of aliphatic imine (C=N–C) groups is 1. The van der Waals surface area contributed by atoms with Crippen LogP contribution in [0.2, 0.25) is 0 Å². The molecule has 0 saturated carbocycles. The van der Waals surface area contributed by atoms with Crippen LogP contribution in [0.5, 0.6) is 0 Å². The summed E-state index contributed by atoms with van der Waals surface area (Å²) in [5, 5.41) is 10.4. The van der Waals surface area contributed by atoms with E-state index < -0.39 is 0 Å². The second-order valence-electron chi connectivity index (χ2n) is 8.29. The van der Waals surface area contributed by atoms with Crippen molar-refractivity contribution >= 4 is 6.21 Å². The number of ether oxygens (including phenoxy) is 2. The van der Waals surface area contributed by atoms with Gasteiger partial charge in [-0.2, -0.15) is 0 Å². The van der Waals surface area contributed by atoms with Gasteiger partial charge in [-0.05, 0) is 50.9 Å². The number of hydrogen-bond donors (Lipinski definition) is 3. The zero-order valence-corrected chi connectivity index (χ0v) is 20.0. The third kappa shape index (κ3) is 12.0. The Bertz CT molecular complexity index is 507. The van der Waals surface area contributed by atoms with Gasteiger partial charge < -0.3 is 25.4 Å². The summed E-state index contributed by atoms with van der Waals surface area (Å²) in [7, 11) is 5.51. The summed E-state index contributed by atoms with van der Waals surface area (Å²) in [6, 6.07) is 0.402. The number of unbranched alkanes of at least 4 members (excludes halogenated alkanes) is 1. The Hall–Kier alpha value is -1.05. The minimum atomic E-state index is 0.102. The summed E-state index contributed by atoms with van der Waals surface area (Å²) in [6.45, 7) is 9.93. The van der Waals surface area contributed by atoms with Crippen LogP contribution in [0, 0.1) is 11.8 Å². The van der Waals surface area contributed by atoms with Crippen LogP contribution < -0.4 is 16.0 Å². The van der Waals surface area contributed by atoms with Crippen LogP contribution in [0.25, 0.3) is 0 Å². The van der Waals surface area contributed by atoms with Crippen LogP contribution in [-0.2, 0) is 9.47 Å². The van der Waals surface area contributed by atoms with Gasteiger partial charge in [-0.3, -0.25) is 4.99 Å². The van der Waals surface area contributed by atoms with Crippen molar-refractivity contribution in [3.8, 4) is 0 Å². The Labute approximate surface area is 185 Å². The number of rotatable bonds is 18. The molecule has 0 spiro atoms. The molecule has 0 fully saturated rings. The topological polar surface area (TPSA) is 66.9 Å². The van der Waals surface area contributed by atoms with E-state index in [1.54, 1.807) is 14.2 Å². The fourth-order valence-electron chi connectivity index (χ4n) is 3.75. The first-order valence-corrected chi connectivity index (χ1v) is 11.6. The van der Waals surface area contributed by atoms with Crippen molar-refractivity contribution in [2.45, 2.75) is 51.7 Å². The van der Waals surface area contributed by atoms with Crippen molar-refractivity contribution in [1.29, 1.82) is 0 Å². The summed E-state index contributed by atoms with van der Waals surface area (Å²) < 4.78 is 10.9. The predicted molar refractivity (Wildman–Crippen MR) is 129 cm³/mol. The number of likely N-dealkylation sites (N-methyl/N-ethyl adjacent to an activating group) is 1. The van der Waals surface area contributed by atoms with Gasteiger partial charge in [-0.1, -0.05) is 38.5 Å². The predicted octanol–water partition coefficient (Wildman–Crippen LogP) is 2.81. The molecule has 0 aliphatic heterocycles. The van der Waals surface area contributed by atoms with Crippen LogP contribution in [0.3, 0.4) is 0 Å². The van der Waals surface area contributed by atoms with E-state index in [4.69, 9.17) is 9.47 Å². The van der Waals surface area contributed by atoms with Crippen molar-refractivity contribution in [2.75, 3.05) is 60.6 Å². The van der Waals surface area contributed by atoms with E-state index in [1.807, 2.05) is 7.05 Å². The minimum absolute atomic E-state index is 0.102. The van der Waals surface area contributed by atoms with E-state index in [-0.39, 0.29) is 12.0 Å². The summed E-state index contributed by atoms with van der Waals surface area (Å²) in [6.07, 6.45) is 13.5. The van der Waals surface area contributed by atoms with Gasteiger partial charge in [0.2, 0.25) is 0 Å². The highest BCUT2D eigenvalue weighted by atomic mass is 16.5. The second-order valence-corrected chi connectivity index (χ2v) is 8.29. The molecule has 3 unspecified atom stereocenters. The molecule has 0 aromatic carbocycles. The van der Waals surface area contributed by atoms with Crippen LogP contribution in [0.15, 0.2) is 28.8 Å². The molecule has 0 aromatic heterocycles. The van der Waals surface area contributed by atoms with E-state index in [0.29, 0.717) is 18.6 Å². The lowest BCUT2D eigenvalue weighted by Crippen LogP contribution is -2.39. The molecule has 1 aliphatic rings. The number of methoxy groups -OCH3 is 2. The highest BCUT2D eigenvalue weighted by molar-refractivity contribution is 5.58. The van der Waals surface area contributed by atoms with E-state index in [9.17, 15) is 0 Å². The normalized spacial score (nSPS) is 21.2. The van der Waals surface area contributed by atoms with E-state index in [1.165, 1.54) is 24.8 Å². The van der Waals surface area contributed by atoms with Crippen LogP contribution >= 0.6 is 0 Å². The molecule has 0 bridgehead atoms. The summed E-state index contributed by atoms with van der Waals surface area (Å²) in [5.74, 6) is 0.938. The van der Waals surface area contributed by atoms with Crippen molar-refractivity contribution in [3.63, 3.8) is 0 Å². The van der Waals surface area contributed by atoms with Crippen LogP contribution in [0.1, 0.15) is 39.5 Å². The zero-order chi connectivity index (χ0) is 22.0. The third-order valence-corrected chi connectivity index (χ3v) is 5.50. The Kier molecular flexibility index (Phi) is 15.8. The molecule has 0 saturated heterocycles. The van der Waals surface area contributed by atoms with Crippen LogP contribution in [-0.4, -0.2) is 79.0 Å². The molecule has 0 radical (unpaired) electrons. The van der Waals surface area contributed by atoms with Crippen molar-refractivity contribution in [3.05, 3.63) is 23.8 Å². The number of hydrogen-bond acceptors (Lipinski definition) is 6. The smallest absolute Gasteiger partial charge is 0.0840 e. The molecule has 1 aliphatic carbocycles. The highest BCUT2D eigenvalue weighted by Gasteiger charge is 2.20. The zero-order valence-electron chi connectivity index (χ0n) is 20.0. The molecule has 0 amide bonds. The van der Waals surface area contributed by atoms with Gasteiger partial charge in [-0.15, -0.1) is 0 Å². The minimum Gasteiger partial charge on any atom is -0.384 e. The Morgan fingerprint density at radius 2 is 2.10 bits per heavy atom. The van der Waals surface area contributed by atoms with E-state index in [2.05, 4.69) is 59.2 Å². The molecule has 6 nitrogen and oxygen atoms in total. The van der Waals surface area contributed by atoms with Gasteiger partial charge in [0.15, 0.2) is 0 Å². The maximum absolute atomic E-state index is 5.52. The summed E-state index contributed by atoms with van der Waals surface area (Å²) in [4.78, 5) is 4.68. The molecular formula is C24H46N4O2. The van der Waals surface area contributed by atoms with E-state index >= 15 is 0 Å². The molecule has 0 aromatic rings. The van der Waals surface area contributed by atoms with Gasteiger partial charge in [-0.25, -0.2) is 0 Å². The Balaban J connectivity index is 2.32. The molecule has 0 heterocycles. The first-order valence-electron chi connectivity index (χ1n) is 11.6. The fraction of sp³-hybridized carbons (Fsp3) is 0.792. The largest absolute Gasteiger partial charge is 0.384 e. The molecule has 3 N–H and O–H groups in total. The lowest BCUT2D eigenvalue weighted by molar-refractivity contribution is 0.0609. The standard InChI is InChI=1S/C24H46N4O2/c1-6-28-23(12-14-26-16-20(2)9-7-8-13-25-3)18-27-17-21-10-11-24(30-5)22(15-21)19-29-4/h10-11,14-15,20,22-25,27-28H,6-9,12-13,16-19H2,1-5H3/t20?,22?,23?,24-/m1/s1. The molecular weight excluding hydrogens is 376 g/mol. The molecule has 1 rings (SSSR count). The third-order valence-electron chi connectivity index (χ3n) is 5.50. The van der Waals surface area contributed by atoms with E-state index in [0.717, 1.165) is 39.1 Å². The highest BCUT2D eigenvalue weighted by Crippen LogP contribution is 2.19. The number of nitrogens with zero attached hydrogens (tertiary/aromatic N) is 1. The fourth-order valence-corrected chi connectivity index (χ4v) is 3.75. The van der Waals surface area contributed by atoms with Crippen LogP contribution in [0.4, 0.5) is 0 Å². The average molecular weight is 423 g/mol. The maximum atomic E-state index is 5.52. The lowest BCUT2D eigenvalue weighted by Gasteiger charge is -2.25. The first-order chi connectivity index (χ1) is 14.6. The van der Waals surface area contributed by atoms with Gasteiger partial charge in [0.1, 0.15) is 0 Å². The summed E-state index contributed by atoms with van der Waals surface area (Å²) in [5.41, 5.74) is 1.29. The molecule has 6 heteroatoms. The Morgan fingerprint density at radius 3 is 2.80 bits per heavy atom. The van der Waals surface area contributed by atoms with Crippen molar-refractivity contribution in [2.24, 2.45) is 16.8 Å². The second kappa shape index (κ2) is 17.6. The Morgan fingerprint density at radius 1 is 1.27 bits per heavy atom. The maximum Gasteiger partial charge on any atom is 0.0840 e. The van der Waals surface area contributed by atoms with Gasteiger partial charge >= 0.3 is 0 Å². The quantitative estimate of drug-likeness (QED) is 0.234. The SMILES string of the molecule is CCNC(CC=NCC(C)CCCCNC)CNCC1=CC(COC)[C@H](OC)C=C1. The average Bonchev–Trinajstić information content (AvgIpc) is 2.74. The van der Waals surface area contributed by atoms with Gasteiger partial charge in [0.05, 0.1) is 12.7 Å². The molecule has 30 heavy (non-hydrogen) atoms. The number of nitrogens with one attached hydrogen (secondary N) is 3.